The molecular formula is C52H73Br2ClN5O5+. The molecule has 0 unspecified atom stereocenters. The summed E-state index contributed by atoms with van der Waals surface area (Å²) in [4.78, 5) is 7.73. The number of hydrogen-bond donors (Lipinski definition) is 4. The SMILES string of the molecule is C=CCCBr.C=CCC[n+]1ccc(/C=C/c2ccc(N(CCO)CCO)cc2)cc1.C=CCC[n+]1ccc(C)cc1.COc1ccc(N(CCO)CCO)cc1.Cc1ccncc1.Cl.[Br-]. The van der Waals surface area contributed by atoms with Crippen molar-refractivity contribution in [2.75, 3.05) is 74.8 Å². The quantitative estimate of drug-likeness (QED) is 0.0425. The third kappa shape index (κ3) is 30.2. The van der Waals surface area contributed by atoms with Gasteiger partial charge in [0, 0.05) is 92.4 Å². The monoisotopic (exact) mass is 1040 g/mol. The van der Waals surface area contributed by atoms with E-state index in [4.69, 9.17) is 25.2 Å². The average molecular weight is 1040 g/mol. The number of ether oxygens (including phenoxy) is 1. The molecule has 0 saturated heterocycles. The molecule has 0 fully saturated rings. The number of allylic oxidation sites excluding steroid dienone is 3. The first-order chi connectivity index (χ1) is 30.7. The fraction of sp³-hybridized carbons (Fsp3) is 0.327. The number of benzene rings is 2. The number of pyridine rings is 3. The molecule has 3 heterocycles. The van der Waals surface area contributed by atoms with Gasteiger partial charge in [-0.1, -0.05) is 58.4 Å². The van der Waals surface area contributed by atoms with E-state index in [1.807, 2.05) is 95.6 Å². The Morgan fingerprint density at radius 2 is 0.938 bits per heavy atom. The molecule has 5 aromatic rings. The minimum atomic E-state index is 0. The number of methoxy groups -OCH3 is 1. The van der Waals surface area contributed by atoms with Crippen molar-refractivity contribution in [3.63, 3.8) is 0 Å². The van der Waals surface area contributed by atoms with Gasteiger partial charge in [0.05, 0.1) is 33.5 Å². The lowest BCUT2D eigenvalue weighted by atomic mass is 10.1. The van der Waals surface area contributed by atoms with E-state index in [1.54, 1.807) is 19.5 Å². The second kappa shape index (κ2) is 42.0. The van der Waals surface area contributed by atoms with E-state index in [0.29, 0.717) is 26.2 Å². The van der Waals surface area contributed by atoms with Gasteiger partial charge < -0.3 is 51.9 Å². The highest BCUT2D eigenvalue weighted by molar-refractivity contribution is 9.09. The maximum atomic E-state index is 9.12. The molecule has 0 bridgehead atoms. The van der Waals surface area contributed by atoms with Crippen molar-refractivity contribution in [2.45, 2.75) is 46.2 Å². The Morgan fingerprint density at radius 3 is 1.26 bits per heavy atom. The van der Waals surface area contributed by atoms with Gasteiger partial charge in [-0.2, -0.15) is 0 Å². The van der Waals surface area contributed by atoms with E-state index in [1.165, 1.54) is 11.1 Å². The van der Waals surface area contributed by atoms with Crippen LogP contribution in [0.2, 0.25) is 0 Å². The molecule has 0 radical (unpaired) electrons. The Morgan fingerprint density at radius 1 is 0.569 bits per heavy atom. The van der Waals surface area contributed by atoms with Crippen molar-refractivity contribution >= 4 is 51.9 Å². The Kier molecular flexibility index (Phi) is 40.3. The molecule has 356 valence electrons. The van der Waals surface area contributed by atoms with Crippen molar-refractivity contribution in [3.05, 3.63) is 182 Å². The molecule has 5 rings (SSSR count). The molecule has 0 atom stereocenters. The molecule has 13 heteroatoms. The van der Waals surface area contributed by atoms with Crippen LogP contribution >= 0.6 is 28.3 Å². The lowest BCUT2D eigenvalue weighted by Crippen LogP contribution is -3.00. The van der Waals surface area contributed by atoms with Crippen LogP contribution in [0.15, 0.2) is 160 Å². The largest absolute Gasteiger partial charge is 1.00 e. The van der Waals surface area contributed by atoms with E-state index in [2.05, 4.69) is 118 Å². The number of nitrogens with zero attached hydrogens (tertiary/aromatic N) is 5. The van der Waals surface area contributed by atoms with Gasteiger partial charge >= 0.3 is 0 Å². The van der Waals surface area contributed by atoms with Crippen molar-refractivity contribution < 1.29 is 51.3 Å². The topological polar surface area (TPSA) is 117 Å². The molecule has 0 spiro atoms. The molecule has 0 aliphatic heterocycles. The van der Waals surface area contributed by atoms with Crippen LogP contribution in [0.3, 0.4) is 0 Å². The van der Waals surface area contributed by atoms with Crippen LogP contribution in [-0.4, -0.2) is 90.5 Å². The van der Waals surface area contributed by atoms with E-state index >= 15 is 0 Å². The molecular weight excluding hydrogens is 970 g/mol. The number of rotatable bonds is 21. The van der Waals surface area contributed by atoms with Crippen molar-refractivity contribution in [2.24, 2.45) is 0 Å². The second-order valence-electron chi connectivity index (χ2n) is 13.9. The molecule has 10 nitrogen and oxygen atoms in total. The summed E-state index contributed by atoms with van der Waals surface area (Å²) in [6.07, 6.45) is 24.9. The number of anilines is 2. The van der Waals surface area contributed by atoms with Crippen molar-refractivity contribution in [3.8, 4) is 5.75 Å². The number of aliphatic hydroxyl groups excluding tert-OH is 4. The van der Waals surface area contributed by atoms with E-state index in [-0.39, 0.29) is 55.8 Å². The molecule has 3 aromatic heterocycles. The van der Waals surface area contributed by atoms with Crippen molar-refractivity contribution in [1.29, 1.82) is 0 Å². The number of aryl methyl sites for hydroxylation is 4. The third-order valence-corrected chi connectivity index (χ3v) is 9.42. The smallest absolute Gasteiger partial charge is 0.169 e. The fourth-order valence-corrected chi connectivity index (χ4v) is 5.72. The first-order valence-corrected chi connectivity index (χ1v) is 22.4. The molecule has 4 N–H and O–H groups in total. The summed E-state index contributed by atoms with van der Waals surface area (Å²) in [6.45, 7) is 19.4. The number of alkyl halides is 1. The average Bonchev–Trinajstić information content (AvgIpc) is 3.32. The summed E-state index contributed by atoms with van der Waals surface area (Å²) >= 11 is 3.24. The minimum absolute atomic E-state index is 0. The van der Waals surface area contributed by atoms with Gasteiger partial charge in [0.15, 0.2) is 37.9 Å². The van der Waals surface area contributed by atoms with Crippen LogP contribution < -0.4 is 40.7 Å². The van der Waals surface area contributed by atoms with Gasteiger partial charge in [0.1, 0.15) is 5.75 Å². The minimum Gasteiger partial charge on any atom is -1.00 e. The van der Waals surface area contributed by atoms with Crippen LogP contribution in [0.1, 0.15) is 41.5 Å². The molecule has 0 aliphatic rings. The zero-order chi connectivity index (χ0) is 46.3. The molecule has 65 heavy (non-hydrogen) atoms. The first-order valence-electron chi connectivity index (χ1n) is 21.3. The maximum Gasteiger partial charge on any atom is 0.169 e. The maximum absolute atomic E-state index is 9.12. The zero-order valence-electron chi connectivity index (χ0n) is 38.6. The van der Waals surface area contributed by atoms with Crippen LogP contribution in [0.4, 0.5) is 11.4 Å². The standard InChI is InChI=1S/C21H27N2O2.C11H17NO3.C10H14N.C6H7N.C4H7Br.BrH.ClH/c1-2-3-12-22-13-10-20(11-14-22)5-4-19-6-8-21(9-7-19)23(15-17-24)16-18-25;1-15-11-4-2-10(3-5-11)12(6-8-13)7-9-14;1-3-4-7-11-8-5-10(2)6-9-11;1-6-2-4-7-5-3-6;1-2-3-4-5;;/h2,4-11,13-14,24-25H,1,3,12,15-18H2;2-5,13-14H,6-9H2,1H3;3,5-6,8-9H,1,4,7H2,2H3;2-5H,1H3;2H,1,3-4H2;2*1H/q+1;;+1;;;;/p-1. The number of halogens is 3. The Hall–Kier alpha value is -4.66. The van der Waals surface area contributed by atoms with E-state index < -0.39 is 0 Å². The normalized spacial score (nSPS) is 9.66. The van der Waals surface area contributed by atoms with Gasteiger partial charge in [-0.05, 0) is 91.1 Å². The summed E-state index contributed by atoms with van der Waals surface area (Å²) in [5.74, 6) is 0.798. The fourth-order valence-electron chi connectivity index (χ4n) is 5.40. The van der Waals surface area contributed by atoms with Crippen LogP contribution in [0.25, 0.3) is 12.2 Å². The Labute approximate surface area is 414 Å². The van der Waals surface area contributed by atoms with Crippen molar-refractivity contribution in [1.82, 2.24) is 4.98 Å². The lowest BCUT2D eigenvalue weighted by Gasteiger charge is -2.22. The predicted molar refractivity (Wildman–Crippen MR) is 274 cm³/mol. The number of aliphatic hydroxyl groups is 4. The number of aromatic nitrogens is 3. The summed E-state index contributed by atoms with van der Waals surface area (Å²) in [5.41, 5.74) is 6.80. The number of hydrogen-bond acceptors (Lipinski definition) is 8. The molecule has 2 aromatic carbocycles. The summed E-state index contributed by atoms with van der Waals surface area (Å²) in [7, 11) is 1.62. The molecule has 0 saturated carbocycles. The summed E-state index contributed by atoms with van der Waals surface area (Å²) in [6, 6.07) is 28.0. The Balaban J connectivity index is 0. The van der Waals surface area contributed by atoms with Gasteiger partial charge in [0.25, 0.3) is 0 Å². The third-order valence-electron chi connectivity index (χ3n) is 8.96. The van der Waals surface area contributed by atoms with Gasteiger partial charge in [-0.15, -0.1) is 32.1 Å². The second-order valence-corrected chi connectivity index (χ2v) is 14.7. The highest BCUT2D eigenvalue weighted by atomic mass is 79.9. The molecule has 0 aliphatic carbocycles. The van der Waals surface area contributed by atoms with Crippen LogP contribution in [0.5, 0.6) is 5.75 Å². The highest BCUT2D eigenvalue weighted by Gasteiger charge is 2.06. The van der Waals surface area contributed by atoms with E-state index in [0.717, 1.165) is 65.9 Å². The predicted octanol–water partition coefficient (Wildman–Crippen LogP) is 5.63. The van der Waals surface area contributed by atoms with Gasteiger partial charge in [0.2, 0.25) is 0 Å². The van der Waals surface area contributed by atoms with Crippen LogP contribution in [0, 0.1) is 13.8 Å². The first kappa shape index (κ1) is 62.4. The summed E-state index contributed by atoms with van der Waals surface area (Å²) in [5, 5.41) is 37.0. The zero-order valence-corrected chi connectivity index (χ0v) is 42.5. The lowest BCUT2D eigenvalue weighted by molar-refractivity contribution is -0.696. The van der Waals surface area contributed by atoms with Crippen LogP contribution in [-0.2, 0) is 13.1 Å². The Bertz CT molecular complexity index is 1890. The van der Waals surface area contributed by atoms with Gasteiger partial charge in [-0.3, -0.25) is 4.98 Å². The van der Waals surface area contributed by atoms with Gasteiger partial charge in [-0.25, -0.2) is 9.13 Å². The highest BCUT2D eigenvalue weighted by Crippen LogP contribution is 2.19. The summed E-state index contributed by atoms with van der Waals surface area (Å²) < 4.78 is 9.36. The van der Waals surface area contributed by atoms with E-state index in [9.17, 15) is 0 Å². The molecule has 0 amide bonds.